The van der Waals surface area contributed by atoms with Crippen LogP contribution in [0.25, 0.3) is 0 Å². The number of likely N-dealkylation sites (N-methyl/N-ethyl adjacent to an activating group) is 1. The minimum absolute atomic E-state index is 0. The second-order valence-electron chi connectivity index (χ2n) is 8.40. The van der Waals surface area contributed by atoms with Crippen molar-refractivity contribution in [1.82, 2.24) is 0 Å². The van der Waals surface area contributed by atoms with E-state index in [0.29, 0.717) is 6.61 Å². The molecule has 0 amide bonds. The number of quaternary nitrogens is 1. The molecular weight excluding hydrogens is 461 g/mol. The highest BCUT2D eigenvalue weighted by Crippen LogP contribution is 2.14. The third-order valence-electron chi connectivity index (χ3n) is 5.65. The van der Waals surface area contributed by atoms with Crippen molar-refractivity contribution in [3.63, 3.8) is 0 Å². The van der Waals surface area contributed by atoms with E-state index < -0.39 is 0 Å². The Morgan fingerprint density at radius 3 is 1.54 bits per heavy atom. The van der Waals surface area contributed by atoms with Gasteiger partial charge >= 0.3 is 5.97 Å². The summed E-state index contributed by atoms with van der Waals surface area (Å²) in [6.07, 6.45) is 20.2. The maximum absolute atomic E-state index is 11.3. The van der Waals surface area contributed by atoms with Gasteiger partial charge in [-0.05, 0) is 25.7 Å². The summed E-state index contributed by atoms with van der Waals surface area (Å²) in [5, 5.41) is 0. The zero-order valence-corrected chi connectivity index (χ0v) is 21.3. The molecule has 0 saturated heterocycles. The molecule has 0 heterocycles. The number of halogens is 1. The van der Waals surface area contributed by atoms with Crippen molar-refractivity contribution < 1.29 is 38.0 Å². The average molecular weight is 510 g/mol. The maximum Gasteiger partial charge on any atom is 0.330 e. The van der Waals surface area contributed by atoms with Crippen molar-refractivity contribution in [3.8, 4) is 0 Å². The van der Waals surface area contributed by atoms with Crippen molar-refractivity contribution in [3.05, 3.63) is 12.7 Å². The second kappa shape index (κ2) is 21.6. The lowest BCUT2D eigenvalue weighted by Gasteiger charge is -2.34. The molecule has 4 heteroatoms. The van der Waals surface area contributed by atoms with Crippen molar-refractivity contribution in [2.75, 3.05) is 33.3 Å². The third-order valence-corrected chi connectivity index (χ3v) is 5.65. The van der Waals surface area contributed by atoms with Gasteiger partial charge in [-0.15, -0.1) is 0 Å². The van der Waals surface area contributed by atoms with E-state index in [1.54, 1.807) is 0 Å². The number of ether oxygens (including phenoxy) is 1. The molecule has 0 saturated carbocycles. The van der Waals surface area contributed by atoms with Crippen LogP contribution in [0.1, 0.15) is 104 Å². The smallest absolute Gasteiger partial charge is 0.330 e. The van der Waals surface area contributed by atoms with Crippen LogP contribution in [0.4, 0.5) is 0 Å². The number of carbonyl (C=O) groups is 1. The first-order valence-corrected chi connectivity index (χ1v) is 11.7. The zero-order chi connectivity index (χ0) is 20.2. The summed E-state index contributed by atoms with van der Waals surface area (Å²) in [5.41, 5.74) is 0. The van der Waals surface area contributed by atoms with Crippen molar-refractivity contribution in [2.45, 2.75) is 104 Å². The lowest BCUT2D eigenvalue weighted by molar-refractivity contribution is -0.910. The molecule has 0 rings (SSSR count). The second-order valence-corrected chi connectivity index (χ2v) is 8.40. The number of carbonyl (C=O) groups excluding carboxylic acids is 1. The lowest BCUT2D eigenvalue weighted by atomic mass is 10.1. The fourth-order valence-electron chi connectivity index (χ4n) is 3.66. The van der Waals surface area contributed by atoms with Gasteiger partial charge in [0, 0.05) is 6.08 Å². The van der Waals surface area contributed by atoms with Gasteiger partial charge in [-0.2, -0.15) is 0 Å². The summed E-state index contributed by atoms with van der Waals surface area (Å²) < 4.78 is 6.29. The van der Waals surface area contributed by atoms with Gasteiger partial charge in [0.15, 0.2) is 0 Å². The largest absolute Gasteiger partial charge is 1.00 e. The first kappa shape index (κ1) is 30.1. The molecular formula is C24H48INO2. The molecule has 0 fully saturated rings. The Morgan fingerprint density at radius 1 is 0.750 bits per heavy atom. The number of hydrogen-bond acceptors (Lipinski definition) is 2. The van der Waals surface area contributed by atoms with Crippen LogP contribution in [0.15, 0.2) is 12.7 Å². The number of esters is 1. The summed E-state index contributed by atoms with van der Waals surface area (Å²) in [5.74, 6) is -0.298. The summed E-state index contributed by atoms with van der Waals surface area (Å²) in [6.45, 7) is 11.9. The lowest BCUT2D eigenvalue weighted by Crippen LogP contribution is -3.00. The molecule has 0 atom stereocenters. The molecule has 0 N–H and O–H groups in total. The molecule has 0 radical (unpaired) electrons. The van der Waals surface area contributed by atoms with Gasteiger partial charge in [-0.3, -0.25) is 0 Å². The monoisotopic (exact) mass is 509 g/mol. The molecule has 28 heavy (non-hydrogen) atoms. The van der Waals surface area contributed by atoms with Crippen molar-refractivity contribution >= 4 is 5.97 Å². The number of unbranched alkanes of at least 4 members (excludes halogenated alkanes) is 12. The summed E-state index contributed by atoms with van der Waals surface area (Å²) in [4.78, 5) is 11.3. The van der Waals surface area contributed by atoms with Gasteiger partial charge in [-0.1, -0.05) is 84.6 Å². The highest BCUT2D eigenvalue weighted by atomic mass is 127. The van der Waals surface area contributed by atoms with Crippen LogP contribution in [0, 0.1) is 0 Å². The molecule has 0 aliphatic carbocycles. The van der Waals surface area contributed by atoms with E-state index in [0.717, 1.165) is 11.0 Å². The Bertz CT molecular complexity index is 343. The highest BCUT2D eigenvalue weighted by molar-refractivity contribution is 5.81. The summed E-state index contributed by atoms with van der Waals surface area (Å²) >= 11 is 0. The fraction of sp³-hybridized carbons (Fsp3) is 0.875. The Balaban J connectivity index is 0. The van der Waals surface area contributed by atoms with E-state index >= 15 is 0 Å². The third kappa shape index (κ3) is 19.2. The van der Waals surface area contributed by atoms with Gasteiger partial charge in [0.05, 0.1) is 20.1 Å². The number of rotatable bonds is 20. The Hall–Kier alpha value is -0.100. The first-order chi connectivity index (χ1) is 13.1. The zero-order valence-electron chi connectivity index (χ0n) is 19.2. The van der Waals surface area contributed by atoms with E-state index in [1.165, 1.54) is 109 Å². The summed E-state index contributed by atoms with van der Waals surface area (Å²) in [6, 6.07) is 0. The Morgan fingerprint density at radius 2 is 1.14 bits per heavy atom. The first-order valence-electron chi connectivity index (χ1n) is 11.7. The van der Waals surface area contributed by atoms with E-state index in [9.17, 15) is 4.79 Å². The predicted octanol–water partition coefficient (Wildman–Crippen LogP) is 3.67. The van der Waals surface area contributed by atoms with E-state index in [2.05, 4.69) is 27.5 Å². The van der Waals surface area contributed by atoms with Gasteiger partial charge < -0.3 is 33.2 Å². The SMILES string of the molecule is C=CC(=O)OCC[N+](C)(CCCCCCCCC)CCCCCCCCC.[I-]. The van der Waals surface area contributed by atoms with Crippen LogP contribution in [0.5, 0.6) is 0 Å². The maximum atomic E-state index is 11.3. The van der Waals surface area contributed by atoms with Gasteiger partial charge in [-0.25, -0.2) is 4.79 Å². The molecule has 0 aliphatic heterocycles. The predicted molar refractivity (Wildman–Crippen MR) is 118 cm³/mol. The topological polar surface area (TPSA) is 26.3 Å². The molecule has 0 unspecified atom stereocenters. The average Bonchev–Trinajstić information content (AvgIpc) is 2.66. The minimum Gasteiger partial charge on any atom is -1.00 e. The van der Waals surface area contributed by atoms with Gasteiger partial charge in [0.25, 0.3) is 0 Å². The molecule has 0 aliphatic rings. The summed E-state index contributed by atoms with van der Waals surface area (Å²) in [7, 11) is 2.34. The number of nitrogens with zero attached hydrogens (tertiary/aromatic N) is 1. The fourth-order valence-corrected chi connectivity index (χ4v) is 3.66. The quantitative estimate of drug-likeness (QED) is 0.0824. The van der Waals surface area contributed by atoms with Crippen LogP contribution in [-0.2, 0) is 9.53 Å². The van der Waals surface area contributed by atoms with Crippen LogP contribution in [-0.4, -0.2) is 43.7 Å². The molecule has 3 nitrogen and oxygen atoms in total. The van der Waals surface area contributed by atoms with E-state index in [-0.39, 0.29) is 29.9 Å². The van der Waals surface area contributed by atoms with Crippen LogP contribution < -0.4 is 24.0 Å². The van der Waals surface area contributed by atoms with E-state index in [1.807, 2.05) is 0 Å². The highest BCUT2D eigenvalue weighted by Gasteiger charge is 2.21. The van der Waals surface area contributed by atoms with Gasteiger partial charge in [0.2, 0.25) is 0 Å². The normalized spacial score (nSPS) is 11.1. The van der Waals surface area contributed by atoms with Crippen molar-refractivity contribution in [2.24, 2.45) is 0 Å². The molecule has 0 bridgehead atoms. The van der Waals surface area contributed by atoms with Crippen molar-refractivity contribution in [1.29, 1.82) is 0 Å². The minimum atomic E-state index is -0.298. The van der Waals surface area contributed by atoms with Crippen LogP contribution in [0.3, 0.4) is 0 Å². The molecule has 0 spiro atoms. The van der Waals surface area contributed by atoms with Crippen LogP contribution in [0.2, 0.25) is 0 Å². The number of hydrogen-bond donors (Lipinski definition) is 0. The van der Waals surface area contributed by atoms with Crippen LogP contribution >= 0.6 is 0 Å². The van der Waals surface area contributed by atoms with Gasteiger partial charge in [0.1, 0.15) is 13.2 Å². The Labute approximate surface area is 193 Å². The van der Waals surface area contributed by atoms with E-state index in [4.69, 9.17) is 4.74 Å². The molecule has 168 valence electrons. The molecule has 0 aromatic carbocycles. The molecule has 0 aromatic heterocycles. The molecule has 0 aromatic rings. The Kier molecular flexibility index (Phi) is 23.2. The standard InChI is InChI=1S/C24H48NO2.HI/c1-5-8-10-12-14-16-18-20-25(4,22-23-27-24(26)7-3)21-19-17-15-13-11-9-6-2;/h7H,3,5-6,8-23H2,1-2,4H3;1H/q+1;/p-1.